The van der Waals surface area contributed by atoms with Crippen LogP contribution in [0.25, 0.3) is 0 Å². The van der Waals surface area contributed by atoms with Gasteiger partial charge in [0.25, 0.3) is 0 Å². The maximum absolute atomic E-state index is 13.0. The first kappa shape index (κ1) is 14.1. The Kier molecular flexibility index (Phi) is 4.37. The van der Waals surface area contributed by atoms with Gasteiger partial charge in [-0.15, -0.1) is 0 Å². The molecule has 1 aromatic rings. The molecule has 3 nitrogen and oxygen atoms in total. The van der Waals surface area contributed by atoms with Crippen LogP contribution < -0.4 is 10.1 Å². The predicted molar refractivity (Wildman–Crippen MR) is 56.6 cm³/mol. The van der Waals surface area contributed by atoms with Gasteiger partial charge in [0.2, 0.25) is 0 Å². The molecule has 0 bridgehead atoms. The van der Waals surface area contributed by atoms with Crippen LogP contribution in [0.4, 0.5) is 23.2 Å². The molecule has 98 valence electrons. The second-order valence-corrected chi connectivity index (χ2v) is 3.45. The number of methoxy groups -OCH3 is 1. The summed E-state index contributed by atoms with van der Waals surface area (Å²) in [6, 6.07) is 4.71. The second-order valence-electron chi connectivity index (χ2n) is 3.45. The van der Waals surface area contributed by atoms with Crippen LogP contribution in [-0.4, -0.2) is 19.8 Å². The second kappa shape index (κ2) is 5.58. The zero-order valence-corrected chi connectivity index (χ0v) is 9.38. The van der Waals surface area contributed by atoms with Crippen molar-refractivity contribution in [3.63, 3.8) is 0 Å². The minimum atomic E-state index is -4.59. The van der Waals surface area contributed by atoms with Crippen LogP contribution in [0, 0.1) is 23.1 Å². The Morgan fingerprint density at radius 2 is 2.11 bits per heavy atom. The van der Waals surface area contributed by atoms with Crippen LogP contribution in [0.5, 0.6) is 5.75 Å². The van der Waals surface area contributed by atoms with Gasteiger partial charge < -0.3 is 10.1 Å². The zero-order chi connectivity index (χ0) is 13.8. The molecule has 1 unspecified atom stereocenters. The summed E-state index contributed by atoms with van der Waals surface area (Å²) in [4.78, 5) is 0. The molecule has 0 spiro atoms. The lowest BCUT2D eigenvalue weighted by Crippen LogP contribution is -2.28. The van der Waals surface area contributed by atoms with Crippen molar-refractivity contribution in [1.82, 2.24) is 0 Å². The van der Waals surface area contributed by atoms with E-state index in [9.17, 15) is 17.6 Å². The highest BCUT2D eigenvalue weighted by Gasteiger charge is 2.39. The number of benzene rings is 1. The number of rotatable bonds is 4. The van der Waals surface area contributed by atoms with Crippen molar-refractivity contribution < 1.29 is 22.3 Å². The van der Waals surface area contributed by atoms with Crippen LogP contribution in [0.3, 0.4) is 0 Å². The van der Waals surface area contributed by atoms with Crippen molar-refractivity contribution in [2.45, 2.75) is 6.18 Å². The summed E-state index contributed by atoms with van der Waals surface area (Å²) in [5.74, 6) is -2.82. The van der Waals surface area contributed by atoms with Gasteiger partial charge in [-0.1, -0.05) is 0 Å². The fourth-order valence-corrected chi connectivity index (χ4v) is 1.22. The van der Waals surface area contributed by atoms with Crippen LogP contribution in [0.15, 0.2) is 18.2 Å². The molecule has 0 saturated carbocycles. The maximum atomic E-state index is 13.0. The SMILES string of the molecule is COc1cc(NCC(C#N)C(F)(F)F)ccc1F. The topological polar surface area (TPSA) is 45.0 Å². The Bertz CT molecular complexity index is 453. The minimum absolute atomic E-state index is 0.0829. The average Bonchev–Trinajstić information content (AvgIpc) is 2.30. The number of nitrogens with one attached hydrogen (secondary N) is 1. The molecule has 0 aliphatic carbocycles. The molecule has 1 rings (SSSR count). The molecule has 7 heteroatoms. The van der Waals surface area contributed by atoms with Crippen molar-refractivity contribution >= 4 is 5.69 Å². The van der Waals surface area contributed by atoms with Gasteiger partial charge in [0, 0.05) is 18.3 Å². The highest BCUT2D eigenvalue weighted by atomic mass is 19.4. The molecule has 0 fully saturated rings. The van der Waals surface area contributed by atoms with E-state index in [2.05, 4.69) is 10.1 Å². The Labute approximate surface area is 101 Å². The van der Waals surface area contributed by atoms with E-state index >= 15 is 0 Å². The molecule has 0 radical (unpaired) electrons. The molecular formula is C11H10F4N2O. The number of halogens is 4. The van der Waals surface area contributed by atoms with Gasteiger partial charge in [0.05, 0.1) is 13.2 Å². The molecule has 1 atom stereocenters. The van der Waals surface area contributed by atoms with Gasteiger partial charge in [-0.25, -0.2) is 4.39 Å². The van der Waals surface area contributed by atoms with Crippen LogP contribution in [0.2, 0.25) is 0 Å². The maximum Gasteiger partial charge on any atom is 0.406 e. The van der Waals surface area contributed by atoms with Crippen molar-refractivity contribution in [2.24, 2.45) is 5.92 Å². The van der Waals surface area contributed by atoms with E-state index in [1.54, 1.807) is 0 Å². The number of ether oxygens (including phenoxy) is 1. The van der Waals surface area contributed by atoms with Gasteiger partial charge in [-0.2, -0.15) is 18.4 Å². The number of hydrogen-bond acceptors (Lipinski definition) is 3. The normalized spacial score (nSPS) is 12.7. The van der Waals surface area contributed by atoms with Gasteiger partial charge in [0.1, 0.15) is 0 Å². The Hall–Kier alpha value is -1.97. The van der Waals surface area contributed by atoms with Gasteiger partial charge in [-0.3, -0.25) is 0 Å². The molecule has 18 heavy (non-hydrogen) atoms. The molecule has 0 amide bonds. The van der Waals surface area contributed by atoms with Crippen LogP contribution >= 0.6 is 0 Å². The van der Waals surface area contributed by atoms with E-state index in [-0.39, 0.29) is 11.4 Å². The molecule has 0 aliphatic heterocycles. The van der Waals surface area contributed by atoms with Crippen molar-refractivity contribution in [2.75, 3.05) is 19.0 Å². The lowest BCUT2D eigenvalue weighted by Gasteiger charge is -2.15. The first-order valence-electron chi connectivity index (χ1n) is 4.92. The van der Waals surface area contributed by atoms with E-state index in [4.69, 9.17) is 5.26 Å². The number of nitriles is 1. The first-order valence-corrected chi connectivity index (χ1v) is 4.92. The summed E-state index contributed by atoms with van der Waals surface area (Å²) in [7, 11) is 1.25. The highest BCUT2D eigenvalue weighted by Crippen LogP contribution is 2.27. The van der Waals surface area contributed by atoms with Crippen LogP contribution in [-0.2, 0) is 0 Å². The predicted octanol–water partition coefficient (Wildman–Crippen LogP) is 2.95. The Morgan fingerprint density at radius 1 is 1.44 bits per heavy atom. The summed E-state index contributed by atoms with van der Waals surface area (Å²) in [5, 5.41) is 10.8. The lowest BCUT2D eigenvalue weighted by atomic mass is 10.1. The highest BCUT2D eigenvalue weighted by molar-refractivity contribution is 5.49. The fourth-order valence-electron chi connectivity index (χ4n) is 1.22. The first-order chi connectivity index (χ1) is 8.38. The van der Waals surface area contributed by atoms with Crippen LogP contribution in [0.1, 0.15) is 0 Å². The van der Waals surface area contributed by atoms with Crippen molar-refractivity contribution in [3.05, 3.63) is 24.0 Å². The summed E-state index contributed by atoms with van der Waals surface area (Å²) < 4.78 is 54.6. The van der Waals surface area contributed by atoms with E-state index < -0.39 is 24.5 Å². The Balaban J connectivity index is 2.72. The molecular weight excluding hydrogens is 252 g/mol. The molecule has 0 aromatic heterocycles. The van der Waals surface area contributed by atoms with Gasteiger partial charge in [-0.05, 0) is 12.1 Å². The third-order valence-electron chi connectivity index (χ3n) is 2.21. The third-order valence-corrected chi connectivity index (χ3v) is 2.21. The monoisotopic (exact) mass is 262 g/mol. The molecule has 0 heterocycles. The van der Waals surface area contributed by atoms with E-state index in [1.807, 2.05) is 0 Å². The number of hydrogen-bond donors (Lipinski definition) is 1. The van der Waals surface area contributed by atoms with Gasteiger partial charge in [0.15, 0.2) is 17.5 Å². The summed E-state index contributed by atoms with van der Waals surface area (Å²) in [6.45, 7) is -0.602. The summed E-state index contributed by atoms with van der Waals surface area (Å²) >= 11 is 0. The standard InChI is InChI=1S/C11H10F4N2O/c1-18-10-4-8(2-3-9(10)12)17-6-7(5-16)11(13,14)15/h2-4,7,17H,6H2,1H3. The Morgan fingerprint density at radius 3 is 2.61 bits per heavy atom. The van der Waals surface area contributed by atoms with E-state index in [1.165, 1.54) is 19.2 Å². The van der Waals surface area contributed by atoms with Crippen molar-refractivity contribution in [1.29, 1.82) is 5.26 Å². The van der Waals surface area contributed by atoms with Crippen molar-refractivity contribution in [3.8, 4) is 11.8 Å². The molecule has 0 aliphatic rings. The number of anilines is 1. The average molecular weight is 262 g/mol. The lowest BCUT2D eigenvalue weighted by molar-refractivity contribution is -0.155. The minimum Gasteiger partial charge on any atom is -0.494 e. The molecule has 1 aromatic carbocycles. The van der Waals surface area contributed by atoms with E-state index in [0.717, 1.165) is 12.1 Å². The van der Waals surface area contributed by atoms with E-state index in [0.29, 0.717) is 0 Å². The number of nitrogens with zero attached hydrogens (tertiary/aromatic N) is 1. The largest absolute Gasteiger partial charge is 0.494 e. The summed E-state index contributed by atoms with van der Waals surface area (Å²) in [6.07, 6.45) is -4.59. The smallest absolute Gasteiger partial charge is 0.406 e. The van der Waals surface area contributed by atoms with Gasteiger partial charge >= 0.3 is 6.18 Å². The molecule has 0 saturated heterocycles. The fraction of sp³-hybridized carbons (Fsp3) is 0.364. The quantitative estimate of drug-likeness (QED) is 0.848. The molecule has 1 N–H and O–H groups in total. The third kappa shape index (κ3) is 3.52. The summed E-state index contributed by atoms with van der Waals surface area (Å²) in [5.41, 5.74) is 0.248. The number of alkyl halides is 3. The zero-order valence-electron chi connectivity index (χ0n) is 9.38.